The van der Waals surface area contributed by atoms with Gasteiger partial charge in [-0.1, -0.05) is 54.1 Å². The zero-order valence-electron chi connectivity index (χ0n) is 16.1. The molecule has 29 heavy (non-hydrogen) atoms. The van der Waals surface area contributed by atoms with Crippen LogP contribution in [0.4, 0.5) is 0 Å². The van der Waals surface area contributed by atoms with Gasteiger partial charge in [0.25, 0.3) is 5.56 Å². The normalized spacial score (nSPS) is 14.0. The van der Waals surface area contributed by atoms with Crippen molar-refractivity contribution in [2.45, 2.75) is 32.6 Å². The van der Waals surface area contributed by atoms with Gasteiger partial charge >= 0.3 is 0 Å². The summed E-state index contributed by atoms with van der Waals surface area (Å²) in [6.07, 6.45) is 4.36. The highest BCUT2D eigenvalue weighted by Gasteiger charge is 2.22. The molecule has 6 rings (SSSR count). The third kappa shape index (κ3) is 2.47. The molecule has 0 radical (unpaired) electrons. The monoisotopic (exact) mass is 397 g/mol. The van der Waals surface area contributed by atoms with Crippen LogP contribution >= 0.6 is 11.3 Å². The van der Waals surface area contributed by atoms with E-state index in [0.29, 0.717) is 5.65 Å². The Bertz CT molecular complexity index is 1480. The molecule has 5 heteroatoms. The molecule has 0 bridgehead atoms. The summed E-state index contributed by atoms with van der Waals surface area (Å²) in [5, 5.41) is 7.58. The lowest BCUT2D eigenvalue weighted by Gasteiger charge is -2.11. The smallest absolute Gasteiger partial charge is 0.267 e. The van der Waals surface area contributed by atoms with Crippen LogP contribution in [0.1, 0.15) is 28.8 Å². The number of aromatic nitrogens is 3. The number of hydrogen-bond acceptors (Lipinski definition) is 4. The summed E-state index contributed by atoms with van der Waals surface area (Å²) in [6, 6.07) is 16.4. The second kappa shape index (κ2) is 6.22. The third-order valence-corrected chi connectivity index (χ3v) is 7.10. The quantitative estimate of drug-likeness (QED) is 0.360. The minimum absolute atomic E-state index is 0.0384. The van der Waals surface area contributed by atoms with Crippen LogP contribution in [-0.4, -0.2) is 14.6 Å². The predicted octanol–water partition coefficient (Wildman–Crippen LogP) is 5.31. The number of thiophene rings is 1. The van der Waals surface area contributed by atoms with Crippen molar-refractivity contribution in [1.29, 1.82) is 0 Å². The van der Waals surface area contributed by atoms with Gasteiger partial charge < -0.3 is 0 Å². The lowest BCUT2D eigenvalue weighted by atomic mass is 9.97. The maximum absolute atomic E-state index is 13.6. The lowest BCUT2D eigenvalue weighted by Crippen LogP contribution is -2.19. The van der Waals surface area contributed by atoms with E-state index in [0.717, 1.165) is 51.5 Å². The summed E-state index contributed by atoms with van der Waals surface area (Å²) in [5.74, 6) is 0. The van der Waals surface area contributed by atoms with Crippen molar-refractivity contribution in [3.63, 3.8) is 0 Å². The van der Waals surface area contributed by atoms with E-state index in [4.69, 9.17) is 10.1 Å². The Morgan fingerprint density at radius 1 is 0.966 bits per heavy atom. The largest absolute Gasteiger partial charge is 0.283 e. The molecule has 0 saturated heterocycles. The van der Waals surface area contributed by atoms with Gasteiger partial charge in [0, 0.05) is 21.2 Å². The molecule has 1 aliphatic rings. The Balaban J connectivity index is 1.77. The topological polar surface area (TPSA) is 47.3 Å². The average Bonchev–Trinajstić information content (AvgIpc) is 3.13. The lowest BCUT2D eigenvalue weighted by molar-refractivity contribution is 0.699. The molecule has 3 heterocycles. The molecule has 0 amide bonds. The molecule has 0 atom stereocenters. The van der Waals surface area contributed by atoms with Gasteiger partial charge in [-0.25, -0.2) is 4.98 Å². The maximum atomic E-state index is 13.6. The minimum Gasteiger partial charge on any atom is -0.267 e. The van der Waals surface area contributed by atoms with Crippen molar-refractivity contribution in [3.8, 4) is 11.3 Å². The van der Waals surface area contributed by atoms with Gasteiger partial charge in [-0.3, -0.25) is 4.79 Å². The first kappa shape index (κ1) is 16.9. The van der Waals surface area contributed by atoms with E-state index < -0.39 is 0 Å². The molecule has 0 unspecified atom stereocenters. The highest BCUT2D eigenvalue weighted by Crippen LogP contribution is 2.35. The van der Waals surface area contributed by atoms with E-state index in [1.165, 1.54) is 26.9 Å². The van der Waals surface area contributed by atoms with Crippen molar-refractivity contribution in [2.24, 2.45) is 0 Å². The van der Waals surface area contributed by atoms with Gasteiger partial charge in [0.2, 0.25) is 0 Å². The van der Waals surface area contributed by atoms with Crippen LogP contribution in [-0.2, 0) is 12.8 Å². The van der Waals surface area contributed by atoms with Crippen LogP contribution in [0.25, 0.3) is 37.9 Å². The molecule has 4 nitrogen and oxygen atoms in total. The SMILES string of the molecule is Cc1ccc(-c2nn3c(=O)c4c5c(sc4nc3c3ccccc23)CCCC5)cc1. The van der Waals surface area contributed by atoms with Crippen LogP contribution in [0.15, 0.2) is 53.3 Å². The van der Waals surface area contributed by atoms with Crippen LogP contribution < -0.4 is 5.56 Å². The Morgan fingerprint density at radius 2 is 1.72 bits per heavy atom. The van der Waals surface area contributed by atoms with Gasteiger partial charge in [0.15, 0.2) is 5.65 Å². The van der Waals surface area contributed by atoms with E-state index in [-0.39, 0.29) is 5.56 Å². The zero-order valence-corrected chi connectivity index (χ0v) is 16.9. The van der Waals surface area contributed by atoms with Gasteiger partial charge in [-0.05, 0) is 38.2 Å². The van der Waals surface area contributed by atoms with Crippen LogP contribution in [0.3, 0.4) is 0 Å². The van der Waals surface area contributed by atoms with E-state index in [1.54, 1.807) is 11.3 Å². The van der Waals surface area contributed by atoms with Crippen molar-refractivity contribution < 1.29 is 0 Å². The summed E-state index contributed by atoms with van der Waals surface area (Å²) < 4.78 is 1.53. The van der Waals surface area contributed by atoms with Gasteiger partial charge in [0.1, 0.15) is 4.83 Å². The molecule has 2 aromatic carbocycles. The van der Waals surface area contributed by atoms with Gasteiger partial charge in [-0.15, -0.1) is 11.3 Å². The van der Waals surface area contributed by atoms with E-state index in [9.17, 15) is 4.79 Å². The molecule has 1 aliphatic carbocycles. The van der Waals surface area contributed by atoms with E-state index in [1.807, 2.05) is 18.2 Å². The van der Waals surface area contributed by atoms with Crippen LogP contribution in [0.5, 0.6) is 0 Å². The van der Waals surface area contributed by atoms with Crippen molar-refractivity contribution >= 4 is 38.0 Å². The third-order valence-electron chi connectivity index (χ3n) is 5.92. The second-order valence-electron chi connectivity index (χ2n) is 7.80. The van der Waals surface area contributed by atoms with Crippen molar-refractivity contribution in [1.82, 2.24) is 14.6 Å². The fraction of sp³-hybridized carbons (Fsp3) is 0.208. The fourth-order valence-electron chi connectivity index (χ4n) is 4.43. The molecular formula is C24H19N3OS. The van der Waals surface area contributed by atoms with E-state index in [2.05, 4.69) is 37.3 Å². The van der Waals surface area contributed by atoms with Crippen molar-refractivity contribution in [3.05, 3.63) is 74.9 Å². The Hall–Kier alpha value is -3.05. The molecule has 0 spiro atoms. The predicted molar refractivity (Wildman–Crippen MR) is 119 cm³/mol. The first-order chi connectivity index (χ1) is 14.2. The first-order valence-electron chi connectivity index (χ1n) is 10.0. The highest BCUT2D eigenvalue weighted by molar-refractivity contribution is 7.18. The number of benzene rings is 2. The second-order valence-corrected chi connectivity index (χ2v) is 8.89. The Morgan fingerprint density at radius 3 is 2.55 bits per heavy atom. The fourth-order valence-corrected chi connectivity index (χ4v) is 5.68. The van der Waals surface area contributed by atoms with Crippen LogP contribution in [0, 0.1) is 6.92 Å². The standard InChI is InChI=1S/C24H19N3OS/c1-14-10-12-15(13-11-14)21-16-6-2-3-7-17(16)22-25-23-20(24(28)27(22)26-21)18-8-4-5-9-19(18)29-23/h2-3,6-7,10-13H,4-5,8-9H2,1H3. The zero-order chi connectivity index (χ0) is 19.5. The highest BCUT2D eigenvalue weighted by atomic mass is 32.1. The minimum atomic E-state index is -0.0384. The van der Waals surface area contributed by atoms with Gasteiger partial charge in [0.05, 0.1) is 11.1 Å². The van der Waals surface area contributed by atoms with Gasteiger partial charge in [-0.2, -0.15) is 9.61 Å². The molecule has 142 valence electrons. The van der Waals surface area contributed by atoms with E-state index >= 15 is 0 Å². The number of nitrogens with zero attached hydrogens (tertiary/aromatic N) is 3. The molecule has 0 aliphatic heterocycles. The molecule has 0 fully saturated rings. The van der Waals surface area contributed by atoms with Crippen molar-refractivity contribution in [2.75, 3.05) is 0 Å². The number of rotatable bonds is 1. The number of fused-ring (bicyclic) bond motifs is 6. The molecule has 3 aromatic heterocycles. The number of aryl methyl sites for hydroxylation is 3. The number of hydrogen-bond donors (Lipinski definition) is 0. The molecule has 5 aromatic rings. The Kier molecular flexibility index (Phi) is 3.62. The average molecular weight is 398 g/mol. The molecule has 0 saturated carbocycles. The summed E-state index contributed by atoms with van der Waals surface area (Å²) in [4.78, 5) is 20.7. The summed E-state index contributed by atoms with van der Waals surface area (Å²) in [5.41, 5.74) is 4.84. The summed E-state index contributed by atoms with van der Waals surface area (Å²) in [6.45, 7) is 2.07. The Labute approximate surface area is 171 Å². The summed E-state index contributed by atoms with van der Waals surface area (Å²) in [7, 11) is 0. The molecular weight excluding hydrogens is 378 g/mol. The van der Waals surface area contributed by atoms with Crippen LogP contribution in [0.2, 0.25) is 0 Å². The maximum Gasteiger partial charge on any atom is 0.283 e. The molecule has 0 N–H and O–H groups in total. The summed E-state index contributed by atoms with van der Waals surface area (Å²) >= 11 is 1.69. The first-order valence-corrected chi connectivity index (χ1v) is 10.9.